The maximum Gasteiger partial charge on any atom is 0.258 e. The third-order valence-electron chi connectivity index (χ3n) is 3.67. The van der Waals surface area contributed by atoms with E-state index in [-0.39, 0.29) is 23.2 Å². The van der Waals surface area contributed by atoms with E-state index < -0.39 is 5.82 Å². The minimum absolute atomic E-state index is 0.0708. The normalized spacial score (nSPS) is 15.7. The minimum atomic E-state index is -0.470. The third-order valence-corrected chi connectivity index (χ3v) is 3.67. The molecule has 2 aromatic heterocycles. The Morgan fingerprint density at radius 1 is 1.30 bits per heavy atom. The standard InChI is InChI=1S/C14H14FN3O2/c15-9-5-6-10(16-7-9)12-17-13(19)11(14(20)18-12)8-3-1-2-4-8/h5-8H,1-4H2,(H2,17,18,19,20). The minimum Gasteiger partial charge on any atom is -0.493 e. The predicted molar refractivity (Wildman–Crippen MR) is 70.9 cm³/mol. The number of nitrogens with zero attached hydrogens (tertiary/aromatic N) is 2. The smallest absolute Gasteiger partial charge is 0.258 e. The lowest BCUT2D eigenvalue weighted by Gasteiger charge is -2.10. The van der Waals surface area contributed by atoms with Gasteiger partial charge in [0.1, 0.15) is 11.5 Å². The van der Waals surface area contributed by atoms with Crippen LogP contribution in [0.1, 0.15) is 37.2 Å². The van der Waals surface area contributed by atoms with Crippen LogP contribution in [-0.2, 0) is 0 Å². The molecule has 0 spiro atoms. The van der Waals surface area contributed by atoms with Gasteiger partial charge in [-0.3, -0.25) is 4.79 Å². The fourth-order valence-corrected chi connectivity index (χ4v) is 2.69. The first-order chi connectivity index (χ1) is 9.65. The fourth-order valence-electron chi connectivity index (χ4n) is 2.69. The number of aromatic amines is 1. The van der Waals surface area contributed by atoms with Gasteiger partial charge in [0.05, 0.1) is 11.8 Å². The molecule has 6 heteroatoms. The maximum absolute atomic E-state index is 12.8. The van der Waals surface area contributed by atoms with Crippen LogP contribution in [0.2, 0.25) is 0 Å². The Kier molecular flexibility index (Phi) is 3.22. The van der Waals surface area contributed by atoms with Crippen LogP contribution in [0, 0.1) is 5.82 Å². The highest BCUT2D eigenvalue weighted by Gasteiger charge is 2.24. The molecule has 5 nitrogen and oxygen atoms in total. The summed E-state index contributed by atoms with van der Waals surface area (Å²) in [5, 5.41) is 10.0. The Balaban J connectivity index is 2.03. The molecule has 0 atom stereocenters. The van der Waals surface area contributed by atoms with Gasteiger partial charge in [-0.15, -0.1) is 0 Å². The molecule has 0 aliphatic heterocycles. The monoisotopic (exact) mass is 275 g/mol. The molecule has 0 unspecified atom stereocenters. The first-order valence-corrected chi connectivity index (χ1v) is 6.60. The number of halogens is 1. The van der Waals surface area contributed by atoms with Crippen LogP contribution in [0.25, 0.3) is 11.5 Å². The van der Waals surface area contributed by atoms with E-state index in [1.54, 1.807) is 0 Å². The summed E-state index contributed by atoms with van der Waals surface area (Å²) in [4.78, 5) is 22.6. The largest absolute Gasteiger partial charge is 0.493 e. The summed E-state index contributed by atoms with van der Waals surface area (Å²) in [7, 11) is 0. The Morgan fingerprint density at radius 2 is 2.05 bits per heavy atom. The van der Waals surface area contributed by atoms with Gasteiger partial charge in [-0.25, -0.2) is 9.37 Å². The Morgan fingerprint density at radius 3 is 2.65 bits per heavy atom. The molecule has 2 N–H and O–H groups in total. The highest BCUT2D eigenvalue weighted by Crippen LogP contribution is 2.35. The topological polar surface area (TPSA) is 78.9 Å². The maximum atomic E-state index is 12.8. The van der Waals surface area contributed by atoms with E-state index in [1.165, 1.54) is 12.1 Å². The van der Waals surface area contributed by atoms with Crippen LogP contribution < -0.4 is 5.56 Å². The van der Waals surface area contributed by atoms with Crippen molar-refractivity contribution < 1.29 is 9.50 Å². The van der Waals surface area contributed by atoms with Crippen molar-refractivity contribution in [2.75, 3.05) is 0 Å². The summed E-state index contributed by atoms with van der Waals surface area (Å²) in [5.41, 5.74) is 0.329. The molecule has 0 saturated heterocycles. The number of hydrogen-bond donors (Lipinski definition) is 2. The molecule has 2 heterocycles. The molecule has 0 amide bonds. The Hall–Kier alpha value is -2.24. The molecular formula is C14H14FN3O2. The van der Waals surface area contributed by atoms with Crippen molar-refractivity contribution in [3.63, 3.8) is 0 Å². The molecule has 1 fully saturated rings. The average Bonchev–Trinajstić information content (AvgIpc) is 2.92. The summed E-state index contributed by atoms with van der Waals surface area (Å²) in [6, 6.07) is 2.63. The SMILES string of the molecule is O=c1[nH]c(-c2ccc(F)cn2)nc(O)c1C1CCCC1. The summed E-state index contributed by atoms with van der Waals surface area (Å²) >= 11 is 0. The molecule has 1 aliphatic rings. The molecule has 104 valence electrons. The molecule has 1 aliphatic carbocycles. The van der Waals surface area contributed by atoms with E-state index >= 15 is 0 Å². The zero-order valence-corrected chi connectivity index (χ0v) is 10.8. The van der Waals surface area contributed by atoms with Gasteiger partial charge in [-0.2, -0.15) is 4.98 Å². The molecule has 0 radical (unpaired) electrons. The number of H-pyrrole nitrogens is 1. The summed E-state index contributed by atoms with van der Waals surface area (Å²) < 4.78 is 12.8. The Labute approximate surface area is 114 Å². The number of aromatic hydroxyl groups is 1. The third kappa shape index (κ3) is 2.29. The van der Waals surface area contributed by atoms with Crippen molar-refractivity contribution in [2.45, 2.75) is 31.6 Å². The van der Waals surface area contributed by atoms with E-state index in [0.717, 1.165) is 31.9 Å². The zero-order valence-electron chi connectivity index (χ0n) is 10.8. The van der Waals surface area contributed by atoms with E-state index in [4.69, 9.17) is 0 Å². The number of pyridine rings is 1. The molecule has 0 aromatic carbocycles. The van der Waals surface area contributed by atoms with Gasteiger partial charge in [-0.05, 0) is 30.9 Å². The second kappa shape index (κ2) is 5.03. The quantitative estimate of drug-likeness (QED) is 0.881. The van der Waals surface area contributed by atoms with Gasteiger partial charge in [0, 0.05) is 0 Å². The van der Waals surface area contributed by atoms with Crippen LogP contribution in [0.15, 0.2) is 23.1 Å². The van der Waals surface area contributed by atoms with Crippen LogP contribution in [0.3, 0.4) is 0 Å². The highest BCUT2D eigenvalue weighted by atomic mass is 19.1. The van der Waals surface area contributed by atoms with Crippen molar-refractivity contribution in [1.82, 2.24) is 15.0 Å². The Bertz CT molecular complexity index is 676. The number of nitrogens with one attached hydrogen (secondary N) is 1. The second-order valence-electron chi connectivity index (χ2n) is 4.99. The summed E-state index contributed by atoms with van der Waals surface area (Å²) in [6.45, 7) is 0. The molecule has 0 bridgehead atoms. The fraction of sp³-hybridized carbons (Fsp3) is 0.357. The predicted octanol–water partition coefficient (Wildman–Crippen LogP) is 2.33. The van der Waals surface area contributed by atoms with Gasteiger partial charge in [-0.1, -0.05) is 12.8 Å². The van der Waals surface area contributed by atoms with Crippen LogP contribution in [0.4, 0.5) is 4.39 Å². The van der Waals surface area contributed by atoms with Crippen molar-refractivity contribution in [3.8, 4) is 17.4 Å². The van der Waals surface area contributed by atoms with Crippen molar-refractivity contribution in [2.24, 2.45) is 0 Å². The summed E-state index contributed by atoms with van der Waals surface area (Å²) in [5.74, 6) is -0.500. The van der Waals surface area contributed by atoms with E-state index in [0.29, 0.717) is 11.3 Å². The lowest BCUT2D eigenvalue weighted by atomic mass is 10.00. The van der Waals surface area contributed by atoms with Crippen molar-refractivity contribution >= 4 is 0 Å². The van der Waals surface area contributed by atoms with Crippen LogP contribution in [0.5, 0.6) is 5.88 Å². The van der Waals surface area contributed by atoms with E-state index in [2.05, 4.69) is 15.0 Å². The zero-order chi connectivity index (χ0) is 14.1. The van der Waals surface area contributed by atoms with Crippen LogP contribution in [-0.4, -0.2) is 20.1 Å². The van der Waals surface area contributed by atoms with Gasteiger partial charge < -0.3 is 10.1 Å². The van der Waals surface area contributed by atoms with Gasteiger partial charge in [0.15, 0.2) is 5.82 Å². The molecule has 2 aromatic rings. The first kappa shape index (κ1) is 12.8. The van der Waals surface area contributed by atoms with E-state index in [9.17, 15) is 14.3 Å². The number of aromatic nitrogens is 3. The lowest BCUT2D eigenvalue weighted by Crippen LogP contribution is -2.17. The van der Waals surface area contributed by atoms with Gasteiger partial charge in [0.25, 0.3) is 5.56 Å². The first-order valence-electron chi connectivity index (χ1n) is 6.60. The summed E-state index contributed by atoms with van der Waals surface area (Å²) in [6.07, 6.45) is 4.95. The second-order valence-corrected chi connectivity index (χ2v) is 4.99. The van der Waals surface area contributed by atoms with E-state index in [1.807, 2.05) is 0 Å². The number of hydrogen-bond acceptors (Lipinski definition) is 4. The van der Waals surface area contributed by atoms with Crippen LogP contribution >= 0.6 is 0 Å². The lowest BCUT2D eigenvalue weighted by molar-refractivity contribution is 0.436. The molecule has 3 rings (SSSR count). The molecule has 20 heavy (non-hydrogen) atoms. The van der Waals surface area contributed by atoms with Crippen molar-refractivity contribution in [3.05, 3.63) is 40.1 Å². The molecule has 1 saturated carbocycles. The van der Waals surface area contributed by atoms with Crippen molar-refractivity contribution in [1.29, 1.82) is 0 Å². The van der Waals surface area contributed by atoms with Gasteiger partial charge >= 0.3 is 0 Å². The highest BCUT2D eigenvalue weighted by molar-refractivity contribution is 5.50. The number of rotatable bonds is 2. The average molecular weight is 275 g/mol. The molecular weight excluding hydrogens is 261 g/mol. The van der Waals surface area contributed by atoms with Gasteiger partial charge in [0.2, 0.25) is 5.88 Å².